The Morgan fingerprint density at radius 2 is 1.71 bits per heavy atom. The normalized spacial score (nSPS) is 10.5. The van der Waals surface area contributed by atoms with Crippen LogP contribution in [0.3, 0.4) is 0 Å². The summed E-state index contributed by atoms with van der Waals surface area (Å²) in [5.74, 6) is 0.956. The molecule has 2 aromatic rings. The molecule has 7 nitrogen and oxygen atoms in total. The standard InChI is InChI=1S/C17H18N2O5/c1-22-13-7-12(8-14(9-13)23-2)17(21)19-18-10-11-4-5-15(20)16(6-11)24-3/h4-10,20H,1-3H3,(H,19,21)/b18-10+. The predicted octanol–water partition coefficient (Wildman–Crippen LogP) is 2.18. The summed E-state index contributed by atoms with van der Waals surface area (Å²) in [6, 6.07) is 9.55. The summed E-state index contributed by atoms with van der Waals surface area (Å²) < 4.78 is 15.3. The summed E-state index contributed by atoms with van der Waals surface area (Å²) in [6.07, 6.45) is 1.44. The smallest absolute Gasteiger partial charge is 0.271 e. The van der Waals surface area contributed by atoms with Crippen molar-refractivity contribution in [2.75, 3.05) is 21.3 Å². The highest BCUT2D eigenvalue weighted by molar-refractivity contribution is 5.95. The van der Waals surface area contributed by atoms with E-state index < -0.39 is 5.91 Å². The van der Waals surface area contributed by atoms with E-state index in [1.54, 1.807) is 30.3 Å². The number of benzene rings is 2. The van der Waals surface area contributed by atoms with Crippen LogP contribution in [0, 0.1) is 0 Å². The summed E-state index contributed by atoms with van der Waals surface area (Å²) in [5, 5.41) is 13.4. The average molecular weight is 330 g/mol. The Kier molecular flexibility index (Phi) is 5.62. The van der Waals surface area contributed by atoms with Crippen molar-refractivity contribution >= 4 is 12.1 Å². The summed E-state index contributed by atoms with van der Waals surface area (Å²) in [6.45, 7) is 0. The second kappa shape index (κ2) is 7.87. The van der Waals surface area contributed by atoms with Crippen LogP contribution >= 0.6 is 0 Å². The number of hydrogen-bond acceptors (Lipinski definition) is 6. The molecule has 2 rings (SSSR count). The summed E-state index contributed by atoms with van der Waals surface area (Å²) >= 11 is 0. The van der Waals surface area contributed by atoms with Crippen LogP contribution in [0.4, 0.5) is 0 Å². The van der Waals surface area contributed by atoms with Crippen molar-refractivity contribution in [1.82, 2.24) is 5.43 Å². The number of carbonyl (C=O) groups is 1. The molecule has 0 fully saturated rings. The maximum Gasteiger partial charge on any atom is 0.271 e. The van der Waals surface area contributed by atoms with Crippen LogP contribution in [0.2, 0.25) is 0 Å². The number of ether oxygens (including phenoxy) is 3. The molecular weight excluding hydrogens is 312 g/mol. The Hall–Kier alpha value is -3.22. The van der Waals surface area contributed by atoms with Gasteiger partial charge in [0.05, 0.1) is 27.5 Å². The van der Waals surface area contributed by atoms with Crippen molar-refractivity contribution < 1.29 is 24.1 Å². The number of hydrogen-bond donors (Lipinski definition) is 2. The van der Waals surface area contributed by atoms with Crippen molar-refractivity contribution in [2.45, 2.75) is 0 Å². The zero-order valence-corrected chi connectivity index (χ0v) is 13.6. The molecule has 2 aromatic carbocycles. The molecule has 0 bridgehead atoms. The number of methoxy groups -OCH3 is 3. The Bertz CT molecular complexity index is 736. The monoisotopic (exact) mass is 330 g/mol. The maximum atomic E-state index is 12.1. The van der Waals surface area contributed by atoms with Crippen molar-refractivity contribution in [3.8, 4) is 23.0 Å². The number of phenolic OH excluding ortho intramolecular Hbond substituents is 1. The van der Waals surface area contributed by atoms with E-state index in [9.17, 15) is 9.90 Å². The number of rotatable bonds is 6. The van der Waals surface area contributed by atoms with Crippen LogP contribution in [0.15, 0.2) is 41.5 Å². The average Bonchev–Trinajstić information content (AvgIpc) is 2.62. The molecule has 0 spiro atoms. The third-order valence-electron chi connectivity index (χ3n) is 3.20. The topological polar surface area (TPSA) is 89.4 Å². The third-order valence-corrected chi connectivity index (χ3v) is 3.20. The lowest BCUT2D eigenvalue weighted by Gasteiger charge is -2.07. The lowest BCUT2D eigenvalue weighted by molar-refractivity contribution is 0.0954. The minimum absolute atomic E-state index is 0.0298. The van der Waals surface area contributed by atoms with Crippen molar-refractivity contribution in [1.29, 1.82) is 0 Å². The van der Waals surface area contributed by atoms with Crippen LogP contribution < -0.4 is 19.6 Å². The van der Waals surface area contributed by atoms with E-state index in [0.717, 1.165) is 0 Å². The molecule has 0 radical (unpaired) electrons. The fourth-order valence-electron chi connectivity index (χ4n) is 1.94. The van der Waals surface area contributed by atoms with E-state index in [4.69, 9.17) is 14.2 Å². The predicted molar refractivity (Wildman–Crippen MR) is 89.3 cm³/mol. The lowest BCUT2D eigenvalue weighted by atomic mass is 10.2. The van der Waals surface area contributed by atoms with Crippen LogP contribution in [0.25, 0.3) is 0 Å². The van der Waals surface area contributed by atoms with Gasteiger partial charge < -0.3 is 19.3 Å². The van der Waals surface area contributed by atoms with Gasteiger partial charge in [0.1, 0.15) is 11.5 Å². The zero-order valence-electron chi connectivity index (χ0n) is 13.6. The van der Waals surface area contributed by atoms with Crippen molar-refractivity contribution in [2.24, 2.45) is 5.10 Å². The maximum absolute atomic E-state index is 12.1. The molecule has 1 amide bonds. The Morgan fingerprint density at radius 3 is 2.29 bits per heavy atom. The third kappa shape index (κ3) is 4.16. The van der Waals surface area contributed by atoms with Gasteiger partial charge in [-0.3, -0.25) is 4.79 Å². The molecule has 0 unspecified atom stereocenters. The number of hydrazone groups is 1. The molecule has 0 saturated heterocycles. The first-order valence-electron chi connectivity index (χ1n) is 7.01. The number of nitrogens with one attached hydrogen (secondary N) is 1. The summed E-state index contributed by atoms with van der Waals surface area (Å²) in [4.78, 5) is 12.1. The molecule has 0 aliphatic carbocycles. The number of carbonyl (C=O) groups excluding carboxylic acids is 1. The highest BCUT2D eigenvalue weighted by Gasteiger charge is 2.09. The van der Waals surface area contributed by atoms with Crippen LogP contribution in [-0.2, 0) is 0 Å². The Morgan fingerprint density at radius 1 is 1.04 bits per heavy atom. The van der Waals surface area contributed by atoms with Gasteiger partial charge in [-0.15, -0.1) is 0 Å². The summed E-state index contributed by atoms with van der Waals surface area (Å²) in [5.41, 5.74) is 3.43. The molecule has 0 aromatic heterocycles. The quantitative estimate of drug-likeness (QED) is 0.626. The van der Waals surface area contributed by atoms with E-state index in [0.29, 0.717) is 28.4 Å². The van der Waals surface area contributed by atoms with Gasteiger partial charge in [-0.25, -0.2) is 5.43 Å². The van der Waals surface area contributed by atoms with E-state index in [-0.39, 0.29) is 5.75 Å². The molecule has 7 heteroatoms. The Labute approximate surface area is 139 Å². The van der Waals surface area contributed by atoms with E-state index in [1.165, 1.54) is 33.6 Å². The van der Waals surface area contributed by atoms with E-state index in [2.05, 4.69) is 10.5 Å². The molecule has 2 N–H and O–H groups in total. The molecule has 0 heterocycles. The molecule has 0 saturated carbocycles. The molecule has 0 aliphatic heterocycles. The minimum Gasteiger partial charge on any atom is -0.504 e. The number of nitrogens with zero attached hydrogens (tertiary/aromatic N) is 1. The second-order valence-corrected chi connectivity index (χ2v) is 4.73. The fourth-order valence-corrected chi connectivity index (χ4v) is 1.94. The number of amides is 1. The zero-order chi connectivity index (χ0) is 17.5. The molecule has 126 valence electrons. The SMILES string of the molecule is COc1cc(OC)cc(C(=O)N/N=C/c2ccc(O)c(OC)c2)c1. The first kappa shape index (κ1) is 17.1. The van der Waals surface area contributed by atoms with Gasteiger partial charge in [-0.1, -0.05) is 0 Å². The van der Waals surface area contributed by atoms with Crippen molar-refractivity contribution in [3.05, 3.63) is 47.5 Å². The van der Waals surface area contributed by atoms with Crippen molar-refractivity contribution in [3.63, 3.8) is 0 Å². The van der Waals surface area contributed by atoms with Gasteiger partial charge >= 0.3 is 0 Å². The first-order valence-corrected chi connectivity index (χ1v) is 7.01. The first-order chi connectivity index (χ1) is 11.6. The van der Waals surface area contributed by atoms with Gasteiger partial charge in [0, 0.05) is 11.6 Å². The van der Waals surface area contributed by atoms with Gasteiger partial charge in [0.15, 0.2) is 11.5 Å². The fraction of sp³-hybridized carbons (Fsp3) is 0.176. The summed E-state index contributed by atoms with van der Waals surface area (Å²) in [7, 11) is 4.47. The molecule has 0 atom stereocenters. The highest BCUT2D eigenvalue weighted by atomic mass is 16.5. The van der Waals surface area contributed by atoms with Gasteiger partial charge in [0.2, 0.25) is 0 Å². The molecule has 24 heavy (non-hydrogen) atoms. The van der Waals surface area contributed by atoms with Crippen LogP contribution in [0.1, 0.15) is 15.9 Å². The Balaban J connectivity index is 2.10. The molecule has 0 aliphatic rings. The van der Waals surface area contributed by atoms with Crippen LogP contribution in [-0.4, -0.2) is 38.6 Å². The van der Waals surface area contributed by atoms with Crippen LogP contribution in [0.5, 0.6) is 23.0 Å². The molecular formula is C17H18N2O5. The largest absolute Gasteiger partial charge is 0.504 e. The van der Waals surface area contributed by atoms with E-state index >= 15 is 0 Å². The number of phenols is 1. The highest BCUT2D eigenvalue weighted by Crippen LogP contribution is 2.25. The lowest BCUT2D eigenvalue weighted by Crippen LogP contribution is -2.17. The number of aromatic hydroxyl groups is 1. The second-order valence-electron chi connectivity index (χ2n) is 4.73. The van der Waals surface area contributed by atoms with Gasteiger partial charge in [0.25, 0.3) is 5.91 Å². The van der Waals surface area contributed by atoms with Gasteiger partial charge in [-0.2, -0.15) is 5.10 Å². The minimum atomic E-state index is -0.408. The van der Waals surface area contributed by atoms with Gasteiger partial charge in [-0.05, 0) is 35.9 Å². The van der Waals surface area contributed by atoms with E-state index in [1.807, 2.05) is 0 Å².